The van der Waals surface area contributed by atoms with E-state index in [0.29, 0.717) is 12.0 Å². The number of amides is 1. The Kier molecular flexibility index (Phi) is 8.68. The highest BCUT2D eigenvalue weighted by atomic mass is 16.2. The molecule has 1 aliphatic carbocycles. The topological polar surface area (TPSA) is 92.9 Å². The third kappa shape index (κ3) is 5.75. The van der Waals surface area contributed by atoms with Crippen molar-refractivity contribution in [1.82, 2.24) is 35.1 Å². The summed E-state index contributed by atoms with van der Waals surface area (Å²) in [7, 11) is 4.05. The maximum absolute atomic E-state index is 13.2. The van der Waals surface area contributed by atoms with Crippen LogP contribution in [0.2, 0.25) is 0 Å². The Morgan fingerprint density at radius 2 is 1.88 bits per heavy atom. The standard InChI is InChI=1S/C35H47N7O/c1-6-23-18-19-41(5)32(23)34-38-21-30(40-34)27-14-10-25(11-15-27)24-8-12-26(13-9-24)29-20-37-33(39-29)31-17-16-28(7-2)42(31)35(43)22(3)36-4/h8-12,14-15,20-23,26,28,31-32,36H,6-7,13,16-19H2,1-5H3,(H,37,39)(H,38,40)/t22-,23-,26?,28+,31-,32-/m0/s1. The second-order valence-electron chi connectivity index (χ2n) is 12.6. The summed E-state index contributed by atoms with van der Waals surface area (Å²) in [5.74, 6) is 3.06. The van der Waals surface area contributed by atoms with Crippen molar-refractivity contribution in [3.05, 3.63) is 77.8 Å². The normalized spacial score (nSPS) is 26.7. The molecule has 2 aliphatic heterocycles. The summed E-state index contributed by atoms with van der Waals surface area (Å²) in [6, 6.07) is 9.22. The number of nitrogens with one attached hydrogen (secondary N) is 3. The maximum Gasteiger partial charge on any atom is 0.240 e. The van der Waals surface area contributed by atoms with Crippen LogP contribution in [0.1, 0.15) is 100 Å². The Morgan fingerprint density at radius 3 is 2.58 bits per heavy atom. The number of likely N-dealkylation sites (N-methyl/N-ethyl adjacent to an activating group) is 1. The van der Waals surface area contributed by atoms with Crippen molar-refractivity contribution in [3.63, 3.8) is 0 Å². The summed E-state index contributed by atoms with van der Waals surface area (Å²) < 4.78 is 0. The third-order valence-electron chi connectivity index (χ3n) is 10.2. The first-order valence-electron chi connectivity index (χ1n) is 16.2. The van der Waals surface area contributed by atoms with Crippen LogP contribution in [-0.2, 0) is 4.79 Å². The Labute approximate surface area is 256 Å². The van der Waals surface area contributed by atoms with Crippen LogP contribution in [-0.4, -0.2) is 68.4 Å². The molecule has 2 aromatic heterocycles. The first kappa shape index (κ1) is 29.6. The van der Waals surface area contributed by atoms with Gasteiger partial charge in [-0.3, -0.25) is 9.69 Å². The van der Waals surface area contributed by atoms with Gasteiger partial charge in [0.1, 0.15) is 11.6 Å². The van der Waals surface area contributed by atoms with E-state index in [0.717, 1.165) is 60.8 Å². The smallest absolute Gasteiger partial charge is 0.240 e. The lowest BCUT2D eigenvalue weighted by molar-refractivity contribution is -0.136. The van der Waals surface area contributed by atoms with E-state index >= 15 is 0 Å². The Bertz CT molecular complexity index is 1470. The number of hydrogen-bond acceptors (Lipinski definition) is 5. The van der Waals surface area contributed by atoms with Gasteiger partial charge < -0.3 is 20.2 Å². The van der Waals surface area contributed by atoms with Gasteiger partial charge in [0.25, 0.3) is 0 Å². The van der Waals surface area contributed by atoms with Gasteiger partial charge in [0, 0.05) is 35.6 Å². The summed E-state index contributed by atoms with van der Waals surface area (Å²) in [4.78, 5) is 34.6. The molecule has 228 valence electrons. The molecule has 3 aromatic rings. The predicted molar refractivity (Wildman–Crippen MR) is 172 cm³/mol. The van der Waals surface area contributed by atoms with E-state index in [-0.39, 0.29) is 30.0 Å². The van der Waals surface area contributed by atoms with Gasteiger partial charge in [-0.05, 0) is 76.7 Å². The number of rotatable bonds is 9. The summed E-state index contributed by atoms with van der Waals surface area (Å²) in [5.41, 5.74) is 5.71. The van der Waals surface area contributed by atoms with E-state index in [1.54, 1.807) is 0 Å². The first-order valence-corrected chi connectivity index (χ1v) is 16.2. The Balaban J connectivity index is 1.11. The average molecular weight is 582 g/mol. The molecule has 6 rings (SSSR count). The molecule has 4 heterocycles. The number of imidazole rings is 2. The fourth-order valence-corrected chi connectivity index (χ4v) is 7.36. The summed E-state index contributed by atoms with van der Waals surface area (Å²) in [5, 5.41) is 3.12. The number of allylic oxidation sites excluding steroid dienone is 4. The molecule has 43 heavy (non-hydrogen) atoms. The average Bonchev–Trinajstić information content (AvgIpc) is 3.86. The van der Waals surface area contributed by atoms with Gasteiger partial charge in [0.15, 0.2) is 0 Å². The second-order valence-corrected chi connectivity index (χ2v) is 12.6. The molecule has 8 nitrogen and oxygen atoms in total. The van der Waals surface area contributed by atoms with Gasteiger partial charge in [-0.15, -0.1) is 0 Å². The minimum atomic E-state index is -0.202. The number of carbonyl (C=O) groups is 1. The van der Waals surface area contributed by atoms with Crippen LogP contribution in [0.25, 0.3) is 16.8 Å². The van der Waals surface area contributed by atoms with Crippen LogP contribution < -0.4 is 5.32 Å². The van der Waals surface area contributed by atoms with E-state index in [1.807, 2.05) is 20.2 Å². The van der Waals surface area contributed by atoms with Crippen LogP contribution in [0.5, 0.6) is 0 Å². The molecule has 3 aliphatic rings. The van der Waals surface area contributed by atoms with E-state index < -0.39 is 0 Å². The van der Waals surface area contributed by atoms with Crippen LogP contribution in [0.15, 0.2) is 54.9 Å². The fraction of sp³-hybridized carbons (Fsp3) is 0.514. The first-order chi connectivity index (χ1) is 20.9. The SMILES string of the molecule is CC[C@H]1CCN(C)[C@@H]1c1nc(-c2ccc(C3=CCC(c4cnc([C@@H]5CC[C@@H](CC)N5C(=O)[C@H](C)NC)[nH]4)C=C3)cc2)c[nH]1. The molecule has 1 unspecified atom stereocenters. The van der Waals surface area contributed by atoms with Gasteiger partial charge in [-0.25, -0.2) is 9.97 Å². The summed E-state index contributed by atoms with van der Waals surface area (Å²) in [6.45, 7) is 7.52. The number of carbonyl (C=O) groups excluding carboxylic acids is 1. The molecular formula is C35H47N7O. The van der Waals surface area contributed by atoms with Gasteiger partial charge in [0.2, 0.25) is 5.91 Å². The van der Waals surface area contributed by atoms with E-state index in [1.165, 1.54) is 24.0 Å². The van der Waals surface area contributed by atoms with Crippen LogP contribution >= 0.6 is 0 Å². The molecule has 0 bridgehead atoms. The van der Waals surface area contributed by atoms with Gasteiger partial charge in [0.05, 0.1) is 23.8 Å². The lowest BCUT2D eigenvalue weighted by Crippen LogP contribution is -2.46. The van der Waals surface area contributed by atoms with Crippen molar-refractivity contribution in [2.75, 3.05) is 20.6 Å². The lowest BCUT2D eigenvalue weighted by atomic mass is 9.91. The van der Waals surface area contributed by atoms with Gasteiger partial charge in [-0.2, -0.15) is 0 Å². The zero-order valence-corrected chi connectivity index (χ0v) is 26.3. The highest BCUT2D eigenvalue weighted by Gasteiger charge is 2.40. The fourth-order valence-electron chi connectivity index (χ4n) is 7.36. The zero-order chi connectivity index (χ0) is 30.1. The molecule has 8 heteroatoms. The molecule has 1 amide bonds. The molecule has 2 fully saturated rings. The van der Waals surface area contributed by atoms with Gasteiger partial charge >= 0.3 is 0 Å². The summed E-state index contributed by atoms with van der Waals surface area (Å²) in [6.07, 6.45) is 17.1. The maximum atomic E-state index is 13.2. The highest BCUT2D eigenvalue weighted by Crippen LogP contribution is 2.39. The Hall–Kier alpha value is -3.49. The van der Waals surface area contributed by atoms with Crippen molar-refractivity contribution in [1.29, 1.82) is 0 Å². The van der Waals surface area contributed by atoms with Crippen molar-refractivity contribution >= 4 is 11.5 Å². The number of aromatic nitrogens is 4. The minimum Gasteiger partial charge on any atom is -0.347 e. The molecule has 0 radical (unpaired) electrons. The van der Waals surface area contributed by atoms with Crippen molar-refractivity contribution in [2.24, 2.45) is 5.92 Å². The lowest BCUT2D eigenvalue weighted by Gasteiger charge is -2.31. The number of aromatic amines is 2. The van der Waals surface area contributed by atoms with E-state index in [9.17, 15) is 4.79 Å². The third-order valence-corrected chi connectivity index (χ3v) is 10.2. The Morgan fingerprint density at radius 1 is 1.09 bits per heavy atom. The number of likely N-dealkylation sites (tertiary alicyclic amines) is 2. The predicted octanol–water partition coefficient (Wildman–Crippen LogP) is 6.38. The zero-order valence-electron chi connectivity index (χ0n) is 26.3. The molecular weight excluding hydrogens is 534 g/mol. The number of H-pyrrole nitrogens is 2. The van der Waals surface area contributed by atoms with Crippen LogP contribution in [0.4, 0.5) is 0 Å². The van der Waals surface area contributed by atoms with E-state index in [2.05, 4.69) is 94.7 Å². The second kappa shape index (κ2) is 12.6. The van der Waals surface area contributed by atoms with Crippen molar-refractivity contribution in [2.45, 2.75) is 89.4 Å². The number of nitrogens with zero attached hydrogens (tertiary/aromatic N) is 4. The molecule has 2 saturated heterocycles. The van der Waals surface area contributed by atoms with Crippen LogP contribution in [0.3, 0.4) is 0 Å². The molecule has 0 saturated carbocycles. The monoisotopic (exact) mass is 581 g/mol. The number of hydrogen-bond donors (Lipinski definition) is 3. The van der Waals surface area contributed by atoms with Crippen molar-refractivity contribution in [3.8, 4) is 11.3 Å². The molecule has 3 N–H and O–H groups in total. The van der Waals surface area contributed by atoms with Gasteiger partial charge in [-0.1, -0.05) is 62.8 Å². The minimum absolute atomic E-state index is 0.0110. The molecule has 6 atom stereocenters. The largest absolute Gasteiger partial charge is 0.347 e. The molecule has 0 spiro atoms. The highest BCUT2D eigenvalue weighted by molar-refractivity contribution is 5.82. The van der Waals surface area contributed by atoms with Crippen molar-refractivity contribution < 1.29 is 4.79 Å². The quantitative estimate of drug-likeness (QED) is 0.273. The van der Waals surface area contributed by atoms with Crippen LogP contribution in [0, 0.1) is 5.92 Å². The van der Waals surface area contributed by atoms with E-state index in [4.69, 9.17) is 9.97 Å². The molecule has 1 aromatic carbocycles. The number of benzene rings is 1. The summed E-state index contributed by atoms with van der Waals surface area (Å²) >= 11 is 0.